The van der Waals surface area contributed by atoms with Gasteiger partial charge in [0, 0.05) is 26.3 Å². The van der Waals surface area contributed by atoms with Crippen LogP contribution in [0.5, 0.6) is 0 Å². The van der Waals surface area contributed by atoms with Gasteiger partial charge in [-0.25, -0.2) is 13.4 Å². The molecule has 0 spiro atoms. The van der Waals surface area contributed by atoms with Gasteiger partial charge in [-0.3, -0.25) is 4.79 Å². The summed E-state index contributed by atoms with van der Waals surface area (Å²) in [6.45, 7) is 3.81. The third-order valence-electron chi connectivity index (χ3n) is 4.03. The maximum absolute atomic E-state index is 12.4. The number of aromatic nitrogens is 2. The Kier molecular flexibility index (Phi) is 3.64. The zero-order valence-corrected chi connectivity index (χ0v) is 12.6. The van der Waals surface area contributed by atoms with E-state index in [2.05, 4.69) is 4.98 Å². The lowest BCUT2D eigenvalue weighted by Crippen LogP contribution is -2.45. The van der Waals surface area contributed by atoms with Gasteiger partial charge in [-0.1, -0.05) is 0 Å². The van der Waals surface area contributed by atoms with E-state index >= 15 is 0 Å². The molecule has 1 saturated heterocycles. The lowest BCUT2D eigenvalue weighted by molar-refractivity contribution is -0.150. The third-order valence-corrected chi connectivity index (χ3v) is 5.80. The van der Waals surface area contributed by atoms with Gasteiger partial charge in [0.2, 0.25) is 0 Å². The summed E-state index contributed by atoms with van der Waals surface area (Å²) in [5, 5.41) is 9.18. The predicted molar refractivity (Wildman–Crippen MR) is 71.7 cm³/mol. The van der Waals surface area contributed by atoms with E-state index in [0.29, 0.717) is 18.7 Å². The number of piperidine rings is 1. The van der Waals surface area contributed by atoms with Gasteiger partial charge in [-0.05, 0) is 26.7 Å². The minimum atomic E-state index is -3.63. The average molecular weight is 301 g/mol. The van der Waals surface area contributed by atoms with Crippen LogP contribution in [0.15, 0.2) is 11.2 Å². The highest BCUT2D eigenvalue weighted by atomic mass is 32.2. The molecule has 0 radical (unpaired) electrons. The Morgan fingerprint density at radius 2 is 1.95 bits per heavy atom. The van der Waals surface area contributed by atoms with E-state index in [9.17, 15) is 13.2 Å². The molecule has 7 nitrogen and oxygen atoms in total. The molecule has 1 aliphatic rings. The molecule has 0 amide bonds. The number of carboxylic acid groups (broad SMARTS) is 1. The molecular weight excluding hydrogens is 282 g/mol. The van der Waals surface area contributed by atoms with Crippen molar-refractivity contribution in [3.05, 3.63) is 12.0 Å². The van der Waals surface area contributed by atoms with Gasteiger partial charge >= 0.3 is 5.97 Å². The highest BCUT2D eigenvalue weighted by Crippen LogP contribution is 2.33. The molecule has 0 aliphatic carbocycles. The second-order valence-corrected chi connectivity index (χ2v) is 7.39. The van der Waals surface area contributed by atoms with Crippen molar-refractivity contribution >= 4 is 16.0 Å². The number of carboxylic acids is 1. The van der Waals surface area contributed by atoms with Gasteiger partial charge in [0.25, 0.3) is 10.0 Å². The standard InChI is InChI=1S/C12H19N3O4S/c1-9-13-10(8-14(9)3)20(18,19)15-6-4-12(2,5-7-15)11(16)17/h8H,4-7H2,1-3H3,(H,16,17). The summed E-state index contributed by atoms with van der Waals surface area (Å²) >= 11 is 0. The average Bonchev–Trinajstić information content (AvgIpc) is 2.71. The summed E-state index contributed by atoms with van der Waals surface area (Å²) in [5.74, 6) is -0.251. The third kappa shape index (κ3) is 2.45. The van der Waals surface area contributed by atoms with Crippen molar-refractivity contribution < 1.29 is 18.3 Å². The maximum atomic E-state index is 12.4. The lowest BCUT2D eigenvalue weighted by Gasteiger charge is -2.35. The van der Waals surface area contributed by atoms with Gasteiger partial charge in [0.05, 0.1) is 5.41 Å². The fourth-order valence-corrected chi connectivity index (χ4v) is 3.68. The van der Waals surface area contributed by atoms with E-state index in [0.717, 1.165) is 0 Å². The number of imidazole rings is 1. The van der Waals surface area contributed by atoms with Crippen molar-refractivity contribution in [1.29, 1.82) is 0 Å². The van der Waals surface area contributed by atoms with Crippen LogP contribution < -0.4 is 0 Å². The molecular formula is C12H19N3O4S. The molecule has 0 aromatic carbocycles. The minimum Gasteiger partial charge on any atom is -0.481 e. The first-order valence-corrected chi connectivity index (χ1v) is 7.84. The summed E-state index contributed by atoms with van der Waals surface area (Å²) in [6.07, 6.45) is 2.11. The molecule has 2 heterocycles. The van der Waals surface area contributed by atoms with Crippen molar-refractivity contribution in [3.63, 3.8) is 0 Å². The van der Waals surface area contributed by atoms with Crippen LogP contribution in [0.4, 0.5) is 0 Å². The van der Waals surface area contributed by atoms with Crippen LogP contribution in [0.1, 0.15) is 25.6 Å². The summed E-state index contributed by atoms with van der Waals surface area (Å²) in [5.41, 5.74) is -0.841. The lowest BCUT2D eigenvalue weighted by atomic mass is 9.81. The van der Waals surface area contributed by atoms with Crippen LogP contribution in [0.3, 0.4) is 0 Å². The number of sulfonamides is 1. The fraction of sp³-hybridized carbons (Fsp3) is 0.667. The first-order valence-electron chi connectivity index (χ1n) is 6.40. The van der Waals surface area contributed by atoms with E-state index in [1.807, 2.05) is 0 Å². The van der Waals surface area contributed by atoms with Gasteiger partial charge < -0.3 is 9.67 Å². The monoisotopic (exact) mass is 301 g/mol. The second-order valence-electron chi connectivity index (χ2n) is 5.51. The number of aliphatic carboxylic acids is 1. The summed E-state index contributed by atoms with van der Waals surface area (Å²) in [4.78, 5) is 15.2. The van der Waals surface area contributed by atoms with Crippen molar-refractivity contribution in [1.82, 2.24) is 13.9 Å². The topological polar surface area (TPSA) is 92.5 Å². The number of nitrogens with zero attached hydrogens (tertiary/aromatic N) is 3. The highest BCUT2D eigenvalue weighted by Gasteiger charge is 2.40. The van der Waals surface area contributed by atoms with Crippen molar-refractivity contribution in [2.45, 2.75) is 31.7 Å². The molecule has 2 rings (SSSR count). The molecule has 0 bridgehead atoms. The van der Waals surface area contributed by atoms with Crippen LogP contribution in [0.25, 0.3) is 0 Å². The molecule has 0 unspecified atom stereocenters. The molecule has 112 valence electrons. The van der Waals surface area contributed by atoms with Crippen LogP contribution >= 0.6 is 0 Å². The number of rotatable bonds is 3. The number of hydrogen-bond donors (Lipinski definition) is 1. The Hall–Kier alpha value is -1.41. The molecule has 1 aromatic rings. The first kappa shape index (κ1) is 15.0. The fourth-order valence-electron chi connectivity index (χ4n) is 2.22. The molecule has 8 heteroatoms. The molecule has 1 aromatic heterocycles. The van der Waals surface area contributed by atoms with Crippen LogP contribution in [0, 0.1) is 12.3 Å². The smallest absolute Gasteiger partial charge is 0.309 e. The van der Waals surface area contributed by atoms with E-state index in [1.165, 1.54) is 10.5 Å². The molecule has 1 N–H and O–H groups in total. The largest absolute Gasteiger partial charge is 0.481 e. The Morgan fingerprint density at radius 3 is 2.35 bits per heavy atom. The van der Waals surface area contributed by atoms with Crippen molar-refractivity contribution in [2.75, 3.05) is 13.1 Å². The van der Waals surface area contributed by atoms with Gasteiger partial charge in [-0.2, -0.15) is 4.31 Å². The Bertz CT molecular complexity index is 608. The zero-order valence-electron chi connectivity index (χ0n) is 11.8. The van der Waals surface area contributed by atoms with Crippen molar-refractivity contribution in [2.24, 2.45) is 12.5 Å². The van der Waals surface area contributed by atoms with Crippen LogP contribution in [-0.2, 0) is 21.9 Å². The quantitative estimate of drug-likeness (QED) is 0.882. The normalized spacial score (nSPS) is 19.9. The molecule has 0 saturated carbocycles. The molecule has 1 aliphatic heterocycles. The minimum absolute atomic E-state index is 0.0245. The summed E-state index contributed by atoms with van der Waals surface area (Å²) in [6, 6.07) is 0. The van der Waals surface area contributed by atoms with E-state index in [1.54, 1.807) is 25.5 Å². The Morgan fingerprint density at radius 1 is 1.40 bits per heavy atom. The van der Waals surface area contributed by atoms with Crippen LogP contribution in [-0.4, -0.2) is 46.4 Å². The van der Waals surface area contributed by atoms with Gasteiger partial charge in [0.15, 0.2) is 5.03 Å². The van der Waals surface area contributed by atoms with Crippen molar-refractivity contribution in [3.8, 4) is 0 Å². The highest BCUT2D eigenvalue weighted by molar-refractivity contribution is 7.89. The molecule has 1 fully saturated rings. The maximum Gasteiger partial charge on any atom is 0.309 e. The van der Waals surface area contributed by atoms with E-state index < -0.39 is 21.4 Å². The number of hydrogen-bond acceptors (Lipinski definition) is 4. The zero-order chi connectivity index (χ0) is 15.1. The SMILES string of the molecule is Cc1nc(S(=O)(=O)N2CCC(C)(C(=O)O)CC2)cn1C. The van der Waals surface area contributed by atoms with Gasteiger partial charge in [0.1, 0.15) is 5.82 Å². The first-order chi connectivity index (χ1) is 9.17. The second kappa shape index (κ2) is 4.85. The Labute approximate surface area is 118 Å². The molecule has 20 heavy (non-hydrogen) atoms. The Balaban J connectivity index is 2.19. The predicted octanol–water partition coefficient (Wildman–Crippen LogP) is 0.604. The number of carbonyl (C=O) groups is 1. The summed E-state index contributed by atoms with van der Waals surface area (Å²) in [7, 11) is -1.90. The molecule has 0 atom stereocenters. The summed E-state index contributed by atoms with van der Waals surface area (Å²) < 4.78 is 27.8. The number of aryl methyl sites for hydroxylation is 2. The van der Waals surface area contributed by atoms with E-state index in [4.69, 9.17) is 5.11 Å². The van der Waals surface area contributed by atoms with Crippen LogP contribution in [0.2, 0.25) is 0 Å². The van der Waals surface area contributed by atoms with Gasteiger partial charge in [-0.15, -0.1) is 0 Å². The van der Waals surface area contributed by atoms with E-state index in [-0.39, 0.29) is 18.1 Å².